The van der Waals surface area contributed by atoms with Gasteiger partial charge in [-0.15, -0.1) is 0 Å². The molecule has 28 heavy (non-hydrogen) atoms. The summed E-state index contributed by atoms with van der Waals surface area (Å²) < 4.78 is 1.91. The maximum atomic E-state index is 13.4. The van der Waals surface area contributed by atoms with Crippen molar-refractivity contribution in [2.45, 2.75) is 59.5 Å². The SMILES string of the molecule is CC(C)CCNC(=O)C1(C)Cn2c(nc3ccccc32)C(=O)N1CCC(C)C. The number of hydrogen-bond donors (Lipinski definition) is 1. The van der Waals surface area contributed by atoms with Crippen molar-refractivity contribution in [2.24, 2.45) is 11.8 Å². The van der Waals surface area contributed by atoms with Gasteiger partial charge in [-0.25, -0.2) is 4.98 Å². The molecule has 0 saturated heterocycles. The standard InChI is InChI=1S/C22H32N4O2/c1-15(2)10-12-23-21(28)22(5)14-25-18-9-7-6-8-17(18)24-19(25)20(27)26(22)13-11-16(3)4/h6-9,15-16H,10-14H2,1-5H3,(H,23,28). The number of fused-ring (bicyclic) bond motifs is 3. The van der Waals surface area contributed by atoms with Crippen LogP contribution in [-0.2, 0) is 11.3 Å². The lowest BCUT2D eigenvalue weighted by molar-refractivity contribution is -0.133. The molecule has 1 atom stereocenters. The zero-order valence-corrected chi connectivity index (χ0v) is 17.7. The van der Waals surface area contributed by atoms with E-state index in [1.54, 1.807) is 4.90 Å². The number of hydrogen-bond acceptors (Lipinski definition) is 3. The molecule has 1 N–H and O–H groups in total. The van der Waals surface area contributed by atoms with E-state index in [1.807, 2.05) is 35.8 Å². The van der Waals surface area contributed by atoms with Gasteiger partial charge in [-0.2, -0.15) is 0 Å². The third kappa shape index (κ3) is 3.77. The number of nitrogens with zero attached hydrogens (tertiary/aromatic N) is 3. The van der Waals surface area contributed by atoms with Gasteiger partial charge < -0.3 is 14.8 Å². The molecule has 1 aliphatic rings. The first kappa shape index (κ1) is 20.4. The zero-order chi connectivity index (χ0) is 20.5. The summed E-state index contributed by atoms with van der Waals surface area (Å²) in [6.07, 6.45) is 1.77. The predicted octanol–water partition coefficient (Wildman–Crippen LogP) is 3.46. The number of imidazole rings is 1. The first-order chi connectivity index (χ1) is 13.2. The second-order valence-corrected chi connectivity index (χ2v) is 8.86. The van der Waals surface area contributed by atoms with Gasteiger partial charge in [-0.1, -0.05) is 39.8 Å². The molecule has 0 aliphatic carbocycles. The van der Waals surface area contributed by atoms with Crippen molar-refractivity contribution in [3.8, 4) is 0 Å². The van der Waals surface area contributed by atoms with Crippen molar-refractivity contribution in [1.82, 2.24) is 19.8 Å². The number of aromatic nitrogens is 2. The zero-order valence-electron chi connectivity index (χ0n) is 17.7. The highest BCUT2D eigenvalue weighted by atomic mass is 16.2. The van der Waals surface area contributed by atoms with Crippen molar-refractivity contribution < 1.29 is 9.59 Å². The van der Waals surface area contributed by atoms with Gasteiger partial charge in [-0.05, 0) is 43.7 Å². The molecule has 152 valence electrons. The Morgan fingerprint density at radius 1 is 1.18 bits per heavy atom. The average Bonchev–Trinajstić information content (AvgIpc) is 2.99. The number of para-hydroxylation sites is 2. The van der Waals surface area contributed by atoms with Crippen LogP contribution in [0.5, 0.6) is 0 Å². The largest absolute Gasteiger partial charge is 0.354 e. The Labute approximate surface area is 167 Å². The van der Waals surface area contributed by atoms with Crippen molar-refractivity contribution in [2.75, 3.05) is 13.1 Å². The third-order valence-corrected chi connectivity index (χ3v) is 5.58. The molecule has 0 spiro atoms. The van der Waals surface area contributed by atoms with E-state index in [0.717, 1.165) is 23.9 Å². The predicted molar refractivity (Wildman–Crippen MR) is 111 cm³/mol. The second kappa shape index (κ2) is 7.94. The minimum Gasteiger partial charge on any atom is -0.354 e. The summed E-state index contributed by atoms with van der Waals surface area (Å²) in [7, 11) is 0. The van der Waals surface area contributed by atoms with Crippen LogP contribution in [0.25, 0.3) is 11.0 Å². The van der Waals surface area contributed by atoms with Crippen molar-refractivity contribution >= 4 is 22.8 Å². The van der Waals surface area contributed by atoms with Crippen molar-refractivity contribution in [3.63, 3.8) is 0 Å². The number of carbonyl (C=O) groups excluding carboxylic acids is 2. The first-order valence-corrected chi connectivity index (χ1v) is 10.3. The number of amides is 2. The summed E-state index contributed by atoms with van der Waals surface area (Å²) in [5.74, 6) is 1.14. The molecule has 1 unspecified atom stereocenters. The van der Waals surface area contributed by atoms with Crippen LogP contribution < -0.4 is 5.32 Å². The Morgan fingerprint density at radius 3 is 2.54 bits per heavy atom. The maximum absolute atomic E-state index is 13.4. The fraction of sp³-hybridized carbons (Fsp3) is 0.591. The highest BCUT2D eigenvalue weighted by molar-refractivity contribution is 6.01. The van der Waals surface area contributed by atoms with E-state index < -0.39 is 5.54 Å². The molecule has 2 amide bonds. The first-order valence-electron chi connectivity index (χ1n) is 10.3. The number of carbonyl (C=O) groups is 2. The smallest absolute Gasteiger partial charge is 0.290 e. The Morgan fingerprint density at radius 2 is 1.86 bits per heavy atom. The summed E-state index contributed by atoms with van der Waals surface area (Å²) >= 11 is 0. The lowest BCUT2D eigenvalue weighted by atomic mass is 9.94. The van der Waals surface area contributed by atoms with E-state index in [0.29, 0.717) is 37.3 Å². The van der Waals surface area contributed by atoms with Gasteiger partial charge in [0.15, 0.2) is 5.82 Å². The van der Waals surface area contributed by atoms with Crippen LogP contribution >= 0.6 is 0 Å². The van der Waals surface area contributed by atoms with Crippen LogP contribution in [0.4, 0.5) is 0 Å². The van der Waals surface area contributed by atoms with E-state index in [4.69, 9.17) is 0 Å². The fourth-order valence-corrected chi connectivity index (χ4v) is 3.73. The van der Waals surface area contributed by atoms with Crippen LogP contribution in [0.2, 0.25) is 0 Å². The lowest BCUT2D eigenvalue weighted by Crippen LogP contribution is -2.64. The van der Waals surface area contributed by atoms with Gasteiger partial charge in [0.25, 0.3) is 5.91 Å². The van der Waals surface area contributed by atoms with Crippen LogP contribution in [0, 0.1) is 11.8 Å². The molecular weight excluding hydrogens is 352 g/mol. The molecule has 0 radical (unpaired) electrons. The number of nitrogens with one attached hydrogen (secondary N) is 1. The molecular formula is C22H32N4O2. The van der Waals surface area contributed by atoms with E-state index in [9.17, 15) is 9.59 Å². The lowest BCUT2D eigenvalue weighted by Gasteiger charge is -2.43. The van der Waals surface area contributed by atoms with Crippen molar-refractivity contribution in [1.29, 1.82) is 0 Å². The minimum absolute atomic E-state index is 0.0892. The normalized spacial score (nSPS) is 19.5. The monoisotopic (exact) mass is 384 g/mol. The fourth-order valence-electron chi connectivity index (χ4n) is 3.73. The molecule has 3 rings (SSSR count). The van der Waals surface area contributed by atoms with E-state index in [1.165, 1.54) is 0 Å². The Hall–Kier alpha value is -2.37. The van der Waals surface area contributed by atoms with Gasteiger partial charge in [0.1, 0.15) is 5.54 Å². The Balaban J connectivity index is 1.97. The van der Waals surface area contributed by atoms with E-state index in [2.05, 4.69) is 38.0 Å². The average molecular weight is 385 g/mol. The summed E-state index contributed by atoms with van der Waals surface area (Å²) in [6.45, 7) is 12.0. The molecule has 0 bridgehead atoms. The molecule has 2 aromatic rings. The summed E-state index contributed by atoms with van der Waals surface area (Å²) in [4.78, 5) is 32.9. The second-order valence-electron chi connectivity index (χ2n) is 8.86. The molecule has 2 heterocycles. The van der Waals surface area contributed by atoms with Gasteiger partial charge in [-0.3, -0.25) is 9.59 Å². The minimum atomic E-state index is -0.931. The van der Waals surface area contributed by atoms with E-state index >= 15 is 0 Å². The highest BCUT2D eigenvalue weighted by Gasteiger charge is 2.48. The van der Waals surface area contributed by atoms with Crippen LogP contribution in [0.3, 0.4) is 0 Å². The summed E-state index contributed by atoms with van der Waals surface area (Å²) in [6, 6.07) is 7.72. The molecule has 1 aliphatic heterocycles. The van der Waals surface area contributed by atoms with Gasteiger partial charge in [0, 0.05) is 13.1 Å². The quantitative estimate of drug-likeness (QED) is 0.795. The van der Waals surface area contributed by atoms with E-state index in [-0.39, 0.29) is 11.8 Å². The molecule has 1 aromatic carbocycles. The third-order valence-electron chi connectivity index (χ3n) is 5.58. The summed E-state index contributed by atoms with van der Waals surface area (Å²) in [5, 5.41) is 3.07. The molecule has 0 saturated carbocycles. The van der Waals surface area contributed by atoms with Gasteiger partial charge in [0.05, 0.1) is 17.6 Å². The van der Waals surface area contributed by atoms with Crippen LogP contribution in [0.15, 0.2) is 24.3 Å². The molecule has 6 heteroatoms. The van der Waals surface area contributed by atoms with Crippen LogP contribution in [-0.4, -0.2) is 44.9 Å². The summed E-state index contributed by atoms with van der Waals surface area (Å²) in [5.41, 5.74) is 0.758. The number of benzene rings is 1. The van der Waals surface area contributed by atoms with Gasteiger partial charge >= 0.3 is 0 Å². The highest BCUT2D eigenvalue weighted by Crippen LogP contribution is 2.31. The maximum Gasteiger partial charge on any atom is 0.290 e. The molecule has 1 aromatic heterocycles. The Kier molecular flexibility index (Phi) is 5.77. The Bertz CT molecular complexity index is 871. The van der Waals surface area contributed by atoms with Crippen LogP contribution in [0.1, 0.15) is 58.1 Å². The molecule has 0 fully saturated rings. The van der Waals surface area contributed by atoms with Gasteiger partial charge in [0.2, 0.25) is 5.91 Å². The van der Waals surface area contributed by atoms with Crippen molar-refractivity contribution in [3.05, 3.63) is 30.1 Å². The molecule has 6 nitrogen and oxygen atoms in total. The number of rotatable bonds is 7. The topological polar surface area (TPSA) is 67.2 Å².